The largest absolute Gasteiger partial charge is 0.453 e. The Balaban J connectivity index is 1.91. The van der Waals surface area contributed by atoms with Gasteiger partial charge in [-0.2, -0.15) is 5.26 Å². The maximum absolute atomic E-state index is 12.3. The van der Waals surface area contributed by atoms with Crippen LogP contribution < -0.4 is 10.9 Å². The third-order valence-corrected chi connectivity index (χ3v) is 5.62. The van der Waals surface area contributed by atoms with Crippen LogP contribution in [0, 0.1) is 31.1 Å². The van der Waals surface area contributed by atoms with Crippen molar-refractivity contribution in [2.24, 2.45) is 5.92 Å². The zero-order chi connectivity index (χ0) is 20.8. The molecule has 1 fully saturated rings. The summed E-state index contributed by atoms with van der Waals surface area (Å²) >= 11 is 0. The van der Waals surface area contributed by atoms with Gasteiger partial charge in [-0.1, -0.05) is 19.8 Å². The number of hydrogen-bond acceptors (Lipinski definition) is 5. The summed E-state index contributed by atoms with van der Waals surface area (Å²) in [7, 11) is 0. The van der Waals surface area contributed by atoms with Gasteiger partial charge in [0.1, 0.15) is 11.6 Å². The van der Waals surface area contributed by atoms with Crippen LogP contribution in [0.15, 0.2) is 4.79 Å². The van der Waals surface area contributed by atoms with Crippen molar-refractivity contribution in [2.45, 2.75) is 78.4 Å². The molecule has 0 spiro atoms. The molecule has 3 atom stereocenters. The van der Waals surface area contributed by atoms with E-state index in [1.54, 1.807) is 20.8 Å². The number of aryl methyl sites for hydroxylation is 1. The topological polar surface area (TPSA) is 112 Å². The number of nitriles is 1. The number of H-pyrrole nitrogens is 1. The van der Waals surface area contributed by atoms with Crippen LogP contribution in [0.2, 0.25) is 0 Å². The molecule has 0 bridgehead atoms. The van der Waals surface area contributed by atoms with E-state index in [9.17, 15) is 14.4 Å². The summed E-state index contributed by atoms with van der Waals surface area (Å²) in [4.78, 5) is 38.9. The number of aromatic nitrogens is 1. The predicted octanol–water partition coefficient (Wildman–Crippen LogP) is 2.42. The van der Waals surface area contributed by atoms with Crippen molar-refractivity contribution >= 4 is 11.9 Å². The van der Waals surface area contributed by atoms with Crippen molar-refractivity contribution in [2.75, 3.05) is 0 Å². The normalized spacial score (nSPS) is 20.1. The first-order valence-electron chi connectivity index (χ1n) is 9.86. The molecule has 0 unspecified atom stereocenters. The van der Waals surface area contributed by atoms with Gasteiger partial charge >= 0.3 is 5.97 Å². The number of nitrogens with zero attached hydrogens (tertiary/aromatic N) is 1. The Morgan fingerprint density at radius 3 is 2.64 bits per heavy atom. The molecule has 7 nitrogen and oxygen atoms in total. The molecule has 2 N–H and O–H groups in total. The third kappa shape index (κ3) is 5.22. The van der Waals surface area contributed by atoms with E-state index in [2.05, 4.69) is 17.2 Å². The maximum atomic E-state index is 12.3. The second-order valence-electron chi connectivity index (χ2n) is 7.68. The van der Waals surface area contributed by atoms with Crippen LogP contribution in [-0.4, -0.2) is 29.0 Å². The molecule has 152 valence electrons. The Kier molecular flexibility index (Phi) is 7.38. The Morgan fingerprint density at radius 2 is 2.00 bits per heavy atom. The highest BCUT2D eigenvalue weighted by Crippen LogP contribution is 2.23. The molecule has 0 radical (unpaired) electrons. The number of hydrogen-bond donors (Lipinski definition) is 2. The number of nitrogens with one attached hydrogen (secondary N) is 2. The lowest BCUT2D eigenvalue weighted by atomic mass is 9.86. The van der Waals surface area contributed by atoms with E-state index in [4.69, 9.17) is 10.00 Å². The van der Waals surface area contributed by atoms with Crippen molar-refractivity contribution in [3.8, 4) is 6.07 Å². The molecule has 1 aliphatic carbocycles. The molecule has 28 heavy (non-hydrogen) atoms. The Hall–Kier alpha value is -2.62. The Morgan fingerprint density at radius 1 is 1.32 bits per heavy atom. The number of ether oxygens (including phenoxy) is 1. The second kappa shape index (κ2) is 9.54. The van der Waals surface area contributed by atoms with Crippen molar-refractivity contribution in [1.82, 2.24) is 10.3 Å². The fourth-order valence-electron chi connectivity index (χ4n) is 3.79. The summed E-state index contributed by atoms with van der Waals surface area (Å²) < 4.78 is 5.28. The number of pyridine rings is 1. The lowest BCUT2D eigenvalue weighted by Gasteiger charge is -2.30. The van der Waals surface area contributed by atoms with Crippen LogP contribution in [0.25, 0.3) is 0 Å². The van der Waals surface area contributed by atoms with Crippen molar-refractivity contribution in [3.63, 3.8) is 0 Å². The molecule has 0 saturated heterocycles. The van der Waals surface area contributed by atoms with Crippen molar-refractivity contribution in [1.29, 1.82) is 5.26 Å². The quantitative estimate of drug-likeness (QED) is 0.728. The monoisotopic (exact) mass is 387 g/mol. The molecule has 1 aliphatic rings. The number of aromatic amines is 1. The first kappa shape index (κ1) is 21.7. The van der Waals surface area contributed by atoms with Crippen LogP contribution in [0.5, 0.6) is 0 Å². The maximum Gasteiger partial charge on any atom is 0.306 e. The lowest BCUT2D eigenvalue weighted by Crippen LogP contribution is -2.46. The van der Waals surface area contributed by atoms with Crippen molar-refractivity contribution < 1.29 is 14.3 Å². The third-order valence-electron chi connectivity index (χ3n) is 5.62. The summed E-state index contributed by atoms with van der Waals surface area (Å²) in [6.45, 7) is 7.14. The Labute approximate surface area is 165 Å². The van der Waals surface area contributed by atoms with E-state index in [0.717, 1.165) is 24.8 Å². The van der Waals surface area contributed by atoms with Gasteiger partial charge in [0.2, 0.25) is 0 Å². The van der Waals surface area contributed by atoms with Crippen LogP contribution in [0.3, 0.4) is 0 Å². The summed E-state index contributed by atoms with van der Waals surface area (Å²) in [5, 5.41) is 12.1. The lowest BCUT2D eigenvalue weighted by molar-refractivity contribution is -0.155. The average Bonchev–Trinajstić information content (AvgIpc) is 2.63. The summed E-state index contributed by atoms with van der Waals surface area (Å²) in [6.07, 6.45) is 3.89. The van der Waals surface area contributed by atoms with Gasteiger partial charge in [0, 0.05) is 18.2 Å². The van der Waals surface area contributed by atoms with E-state index in [1.807, 2.05) is 6.07 Å². The van der Waals surface area contributed by atoms with Gasteiger partial charge in [0.15, 0.2) is 6.10 Å². The summed E-state index contributed by atoms with van der Waals surface area (Å²) in [5.74, 6) is -0.320. The fraction of sp³-hybridized carbons (Fsp3) is 0.619. The number of rotatable bonds is 6. The molecule has 1 aromatic heterocycles. The highest BCUT2D eigenvalue weighted by molar-refractivity contribution is 5.83. The summed E-state index contributed by atoms with van der Waals surface area (Å²) in [6, 6.07) is 2.03. The van der Waals surface area contributed by atoms with Crippen LogP contribution in [-0.2, 0) is 20.7 Å². The number of esters is 1. The molecule has 1 saturated carbocycles. The van der Waals surface area contributed by atoms with Gasteiger partial charge in [-0.3, -0.25) is 14.4 Å². The fourth-order valence-corrected chi connectivity index (χ4v) is 3.79. The molecule has 7 heteroatoms. The SMILES string of the molecule is Cc1[nH]c(=O)c(C#N)c(C)c1CCC(=O)O[C@@H](C)C(=O)N[C@@H]1CCCC[C@@H]1C. The predicted molar refractivity (Wildman–Crippen MR) is 105 cm³/mol. The molecule has 1 amide bonds. The zero-order valence-electron chi connectivity index (χ0n) is 17.1. The van der Waals surface area contributed by atoms with Gasteiger partial charge in [-0.05, 0) is 57.1 Å². The van der Waals surface area contributed by atoms with E-state index < -0.39 is 17.6 Å². The smallest absolute Gasteiger partial charge is 0.306 e. The number of carbonyl (C=O) groups is 2. The van der Waals surface area contributed by atoms with E-state index in [0.29, 0.717) is 23.6 Å². The first-order valence-corrected chi connectivity index (χ1v) is 9.86. The number of amides is 1. The zero-order valence-corrected chi connectivity index (χ0v) is 17.1. The van der Waals surface area contributed by atoms with E-state index >= 15 is 0 Å². The minimum Gasteiger partial charge on any atom is -0.453 e. The van der Waals surface area contributed by atoms with E-state index in [1.165, 1.54) is 6.42 Å². The van der Waals surface area contributed by atoms with Crippen LogP contribution in [0.1, 0.15) is 68.3 Å². The van der Waals surface area contributed by atoms with Gasteiger partial charge in [-0.15, -0.1) is 0 Å². The molecule has 1 aromatic rings. The molecule has 2 rings (SSSR count). The van der Waals surface area contributed by atoms with E-state index in [-0.39, 0.29) is 23.9 Å². The molecule has 0 aromatic carbocycles. The molecule has 1 heterocycles. The first-order chi connectivity index (χ1) is 13.2. The highest BCUT2D eigenvalue weighted by atomic mass is 16.5. The minimum atomic E-state index is -0.853. The van der Waals surface area contributed by atoms with Gasteiger partial charge in [0.05, 0.1) is 0 Å². The number of carbonyl (C=O) groups excluding carboxylic acids is 2. The van der Waals surface area contributed by atoms with Gasteiger partial charge in [-0.25, -0.2) is 0 Å². The highest BCUT2D eigenvalue weighted by Gasteiger charge is 2.26. The molecular formula is C21H29N3O4. The van der Waals surface area contributed by atoms with Gasteiger partial charge < -0.3 is 15.0 Å². The molecule has 0 aliphatic heterocycles. The van der Waals surface area contributed by atoms with Crippen LogP contribution in [0.4, 0.5) is 0 Å². The standard InChI is InChI=1S/C21H29N3O4/c1-12-7-5-6-8-18(12)24-20(26)15(4)28-19(25)10-9-16-13(2)17(11-22)21(27)23-14(16)3/h12,15,18H,5-10H2,1-4H3,(H,23,27)(H,24,26)/t12-,15-,18+/m0/s1. The Bertz CT molecular complexity index is 837. The summed E-state index contributed by atoms with van der Waals surface area (Å²) in [5.41, 5.74) is 1.59. The molecular weight excluding hydrogens is 358 g/mol. The average molecular weight is 387 g/mol. The second-order valence-corrected chi connectivity index (χ2v) is 7.68. The van der Waals surface area contributed by atoms with Crippen LogP contribution >= 0.6 is 0 Å². The minimum absolute atomic E-state index is 0.0586. The van der Waals surface area contributed by atoms with Crippen molar-refractivity contribution in [3.05, 3.63) is 32.7 Å². The van der Waals surface area contributed by atoms with Gasteiger partial charge in [0.25, 0.3) is 11.5 Å².